The number of fused-ring (bicyclic) bond motifs is 1. The molecular weight excluding hydrogens is 162 g/mol. The summed E-state index contributed by atoms with van der Waals surface area (Å²) >= 11 is 6.00. The topological polar surface area (TPSA) is 22.1 Å². The first-order valence-corrected chi connectivity index (χ1v) is 3.87. The molecule has 0 N–H and O–H groups in total. The maximum Gasteiger partial charge on any atom is 0.0740 e. The quantitative estimate of drug-likeness (QED) is 0.593. The van der Waals surface area contributed by atoms with Crippen LogP contribution in [-0.4, -0.2) is 4.98 Å². The molecule has 0 radical (unpaired) electrons. The van der Waals surface area contributed by atoms with Gasteiger partial charge in [0.1, 0.15) is 0 Å². The van der Waals surface area contributed by atoms with Crippen molar-refractivity contribution in [1.29, 1.82) is 0 Å². The zero-order valence-electron chi connectivity index (χ0n) is 6.22. The molecule has 0 saturated carbocycles. The normalized spacial score (nSPS) is 15.1. The summed E-state index contributed by atoms with van der Waals surface area (Å²) in [4.78, 5) is 4.14. The predicted octanol–water partition coefficient (Wildman–Crippen LogP) is 2.07. The van der Waals surface area contributed by atoms with Gasteiger partial charge in [0.05, 0.1) is 23.9 Å². The van der Waals surface area contributed by atoms with Crippen molar-refractivity contribution in [3.05, 3.63) is 28.0 Å². The van der Waals surface area contributed by atoms with Crippen molar-refractivity contribution in [2.45, 2.75) is 20.1 Å². The number of halogens is 1. The van der Waals surface area contributed by atoms with Crippen LogP contribution in [0.15, 0.2) is 6.20 Å². The monoisotopic (exact) mass is 169 g/mol. The van der Waals surface area contributed by atoms with Gasteiger partial charge in [-0.1, -0.05) is 11.6 Å². The van der Waals surface area contributed by atoms with E-state index in [0.29, 0.717) is 13.2 Å². The largest absolute Gasteiger partial charge is 0.372 e. The molecule has 0 fully saturated rings. The van der Waals surface area contributed by atoms with Crippen LogP contribution in [0, 0.1) is 6.92 Å². The lowest BCUT2D eigenvalue weighted by molar-refractivity contribution is 0.134. The number of pyridine rings is 1. The number of rotatable bonds is 0. The van der Waals surface area contributed by atoms with Gasteiger partial charge in [-0.25, -0.2) is 0 Å². The SMILES string of the molecule is Cc1ncc2c(c1Cl)COC2. The van der Waals surface area contributed by atoms with Crippen molar-refractivity contribution in [1.82, 2.24) is 4.98 Å². The minimum absolute atomic E-state index is 0.636. The molecule has 0 unspecified atom stereocenters. The highest BCUT2D eigenvalue weighted by molar-refractivity contribution is 6.32. The summed E-state index contributed by atoms with van der Waals surface area (Å²) in [5, 5.41) is 0.764. The highest BCUT2D eigenvalue weighted by atomic mass is 35.5. The Kier molecular flexibility index (Phi) is 1.59. The van der Waals surface area contributed by atoms with E-state index in [4.69, 9.17) is 16.3 Å². The van der Waals surface area contributed by atoms with Crippen molar-refractivity contribution in [2.24, 2.45) is 0 Å². The van der Waals surface area contributed by atoms with Gasteiger partial charge in [-0.3, -0.25) is 4.98 Å². The molecule has 0 amide bonds. The number of ether oxygens (including phenoxy) is 1. The van der Waals surface area contributed by atoms with Gasteiger partial charge in [0.15, 0.2) is 0 Å². The molecule has 1 aromatic heterocycles. The van der Waals surface area contributed by atoms with E-state index in [1.165, 1.54) is 0 Å². The van der Waals surface area contributed by atoms with E-state index in [0.717, 1.165) is 21.8 Å². The number of hydrogen-bond acceptors (Lipinski definition) is 2. The van der Waals surface area contributed by atoms with Crippen LogP contribution in [0.3, 0.4) is 0 Å². The fourth-order valence-electron chi connectivity index (χ4n) is 1.21. The molecule has 0 saturated heterocycles. The maximum atomic E-state index is 6.00. The Labute approximate surface area is 70.2 Å². The summed E-state index contributed by atoms with van der Waals surface area (Å²) in [5.74, 6) is 0. The molecule has 0 aromatic carbocycles. The Morgan fingerprint density at radius 3 is 3.18 bits per heavy atom. The molecule has 58 valence electrons. The molecular formula is C8H8ClNO. The third kappa shape index (κ3) is 1.03. The number of hydrogen-bond donors (Lipinski definition) is 0. The molecule has 11 heavy (non-hydrogen) atoms. The minimum Gasteiger partial charge on any atom is -0.372 e. The Morgan fingerprint density at radius 2 is 2.36 bits per heavy atom. The fraction of sp³-hybridized carbons (Fsp3) is 0.375. The first kappa shape index (κ1) is 7.07. The third-order valence-electron chi connectivity index (χ3n) is 1.89. The molecule has 0 atom stereocenters. The molecule has 3 heteroatoms. The highest BCUT2D eigenvalue weighted by Crippen LogP contribution is 2.27. The van der Waals surface area contributed by atoms with Gasteiger partial charge in [-0.05, 0) is 6.92 Å². The lowest BCUT2D eigenvalue weighted by atomic mass is 10.1. The van der Waals surface area contributed by atoms with E-state index in [2.05, 4.69) is 4.98 Å². The molecule has 2 rings (SSSR count). The van der Waals surface area contributed by atoms with Crippen LogP contribution in [0.2, 0.25) is 5.02 Å². The van der Waals surface area contributed by atoms with E-state index in [1.807, 2.05) is 13.1 Å². The van der Waals surface area contributed by atoms with Crippen LogP contribution in [0.1, 0.15) is 16.8 Å². The van der Waals surface area contributed by atoms with Crippen molar-refractivity contribution < 1.29 is 4.74 Å². The lowest BCUT2D eigenvalue weighted by Crippen LogP contribution is -1.90. The van der Waals surface area contributed by atoms with Crippen molar-refractivity contribution >= 4 is 11.6 Å². The Hall–Kier alpha value is -0.600. The van der Waals surface area contributed by atoms with Gasteiger partial charge in [-0.2, -0.15) is 0 Å². The molecule has 1 aliphatic rings. The van der Waals surface area contributed by atoms with Gasteiger partial charge in [0, 0.05) is 17.3 Å². The predicted molar refractivity (Wildman–Crippen MR) is 42.5 cm³/mol. The Bertz CT molecular complexity index is 298. The fourth-order valence-corrected chi connectivity index (χ4v) is 1.44. The maximum absolute atomic E-state index is 6.00. The second-order valence-corrected chi connectivity index (χ2v) is 3.03. The standard InChI is InChI=1S/C8H8ClNO/c1-5-8(9)7-4-11-3-6(7)2-10-5/h2H,3-4H2,1H3. The lowest BCUT2D eigenvalue weighted by Gasteiger charge is -2.01. The van der Waals surface area contributed by atoms with Crippen LogP contribution in [0.4, 0.5) is 0 Å². The van der Waals surface area contributed by atoms with E-state index >= 15 is 0 Å². The van der Waals surface area contributed by atoms with Crippen molar-refractivity contribution in [3.63, 3.8) is 0 Å². The number of aryl methyl sites for hydroxylation is 1. The van der Waals surface area contributed by atoms with Crippen LogP contribution >= 0.6 is 11.6 Å². The smallest absolute Gasteiger partial charge is 0.0740 e. The van der Waals surface area contributed by atoms with Gasteiger partial charge in [0.2, 0.25) is 0 Å². The minimum atomic E-state index is 0.636. The van der Waals surface area contributed by atoms with E-state index in [-0.39, 0.29) is 0 Å². The summed E-state index contributed by atoms with van der Waals surface area (Å²) < 4.78 is 5.23. The second-order valence-electron chi connectivity index (χ2n) is 2.65. The summed E-state index contributed by atoms with van der Waals surface area (Å²) in [6, 6.07) is 0. The zero-order valence-corrected chi connectivity index (χ0v) is 6.98. The second kappa shape index (κ2) is 2.47. The summed E-state index contributed by atoms with van der Waals surface area (Å²) in [6.07, 6.45) is 1.84. The van der Waals surface area contributed by atoms with Gasteiger partial charge in [0.25, 0.3) is 0 Å². The number of aromatic nitrogens is 1. The van der Waals surface area contributed by atoms with Crippen LogP contribution < -0.4 is 0 Å². The van der Waals surface area contributed by atoms with Crippen LogP contribution in [-0.2, 0) is 18.0 Å². The third-order valence-corrected chi connectivity index (χ3v) is 2.39. The molecule has 2 heterocycles. The van der Waals surface area contributed by atoms with Crippen molar-refractivity contribution in [2.75, 3.05) is 0 Å². The van der Waals surface area contributed by atoms with E-state index in [1.54, 1.807) is 0 Å². The molecule has 0 aliphatic carbocycles. The first-order valence-electron chi connectivity index (χ1n) is 3.49. The molecule has 0 bridgehead atoms. The number of nitrogens with zero attached hydrogens (tertiary/aromatic N) is 1. The summed E-state index contributed by atoms with van der Waals surface area (Å²) in [5.41, 5.74) is 3.12. The first-order chi connectivity index (χ1) is 5.29. The average molecular weight is 170 g/mol. The summed E-state index contributed by atoms with van der Waals surface area (Å²) in [7, 11) is 0. The van der Waals surface area contributed by atoms with Crippen LogP contribution in [0.25, 0.3) is 0 Å². The highest BCUT2D eigenvalue weighted by Gasteiger charge is 2.15. The Balaban J connectivity index is 2.62. The Morgan fingerprint density at radius 1 is 1.55 bits per heavy atom. The average Bonchev–Trinajstić information content (AvgIpc) is 2.45. The van der Waals surface area contributed by atoms with Gasteiger partial charge < -0.3 is 4.74 Å². The molecule has 1 aliphatic heterocycles. The molecule has 2 nitrogen and oxygen atoms in total. The van der Waals surface area contributed by atoms with Gasteiger partial charge in [-0.15, -0.1) is 0 Å². The van der Waals surface area contributed by atoms with E-state index in [9.17, 15) is 0 Å². The van der Waals surface area contributed by atoms with Crippen molar-refractivity contribution in [3.8, 4) is 0 Å². The van der Waals surface area contributed by atoms with Gasteiger partial charge >= 0.3 is 0 Å². The molecule has 1 aromatic rings. The zero-order chi connectivity index (χ0) is 7.84. The van der Waals surface area contributed by atoms with Crippen LogP contribution in [0.5, 0.6) is 0 Å². The summed E-state index contributed by atoms with van der Waals surface area (Å²) in [6.45, 7) is 3.20. The molecule has 0 spiro atoms. The van der Waals surface area contributed by atoms with E-state index < -0.39 is 0 Å².